The van der Waals surface area contributed by atoms with Crippen molar-refractivity contribution in [3.05, 3.63) is 35.4 Å². The summed E-state index contributed by atoms with van der Waals surface area (Å²) < 4.78 is 5.46. The molecule has 1 aromatic rings. The molecule has 7 heteroatoms. The lowest BCUT2D eigenvalue weighted by atomic mass is 9.92. The summed E-state index contributed by atoms with van der Waals surface area (Å²) in [5.74, 6) is -0.422. The second-order valence-electron chi connectivity index (χ2n) is 6.86. The van der Waals surface area contributed by atoms with E-state index in [0.29, 0.717) is 25.0 Å². The molecule has 0 saturated carbocycles. The van der Waals surface area contributed by atoms with Crippen molar-refractivity contribution < 1.29 is 19.4 Å². The molecule has 0 bridgehead atoms. The Labute approximate surface area is 161 Å². The third kappa shape index (κ3) is 6.52. The maximum atomic E-state index is 12.2. The van der Waals surface area contributed by atoms with Crippen molar-refractivity contribution in [1.29, 1.82) is 0 Å². The normalized spacial score (nSPS) is 16.1. The lowest BCUT2D eigenvalue weighted by Gasteiger charge is -2.38. The Morgan fingerprint density at radius 3 is 2.30 bits per heavy atom. The van der Waals surface area contributed by atoms with Crippen molar-refractivity contribution in [1.82, 2.24) is 15.5 Å². The summed E-state index contributed by atoms with van der Waals surface area (Å²) in [5, 5.41) is 14.8. The quantitative estimate of drug-likeness (QED) is 0.614. The molecule has 3 N–H and O–H groups in total. The molecular formula is C20H31N3O4. The van der Waals surface area contributed by atoms with Crippen molar-refractivity contribution in [3.8, 4) is 0 Å². The predicted octanol–water partition coefficient (Wildman–Crippen LogP) is 2.32. The fraction of sp³-hybridized carbons (Fsp3) is 0.600. The van der Waals surface area contributed by atoms with Crippen LogP contribution in [0.5, 0.6) is 0 Å². The summed E-state index contributed by atoms with van der Waals surface area (Å²) in [6.45, 7) is 8.66. The van der Waals surface area contributed by atoms with Gasteiger partial charge in [-0.25, -0.2) is 9.59 Å². The van der Waals surface area contributed by atoms with Crippen molar-refractivity contribution in [2.75, 3.05) is 32.8 Å². The lowest BCUT2D eigenvalue weighted by Crippen LogP contribution is -2.53. The smallest absolute Gasteiger partial charge is 0.335 e. The second kappa shape index (κ2) is 10.9. The number of nitrogens with one attached hydrogen (secondary N) is 2. The molecule has 1 aliphatic rings. The SMILES string of the molecule is CCC(CC)C(CNC(=O)NCc1ccc(C(=O)O)cc1)N1CCOCC1. The summed E-state index contributed by atoms with van der Waals surface area (Å²) >= 11 is 0. The number of amides is 2. The highest BCUT2D eigenvalue weighted by molar-refractivity contribution is 5.87. The molecule has 27 heavy (non-hydrogen) atoms. The van der Waals surface area contributed by atoms with Crippen molar-refractivity contribution in [3.63, 3.8) is 0 Å². The van der Waals surface area contributed by atoms with E-state index in [2.05, 4.69) is 29.4 Å². The second-order valence-corrected chi connectivity index (χ2v) is 6.86. The molecule has 1 fully saturated rings. The van der Waals surface area contributed by atoms with E-state index in [1.807, 2.05) is 0 Å². The number of ether oxygens (including phenoxy) is 1. The van der Waals surface area contributed by atoms with Crippen LogP contribution in [0.3, 0.4) is 0 Å². The zero-order valence-electron chi connectivity index (χ0n) is 16.2. The molecule has 150 valence electrons. The summed E-state index contributed by atoms with van der Waals surface area (Å²) in [4.78, 5) is 25.5. The van der Waals surface area contributed by atoms with E-state index in [1.54, 1.807) is 24.3 Å². The number of carboxylic acids is 1. The van der Waals surface area contributed by atoms with E-state index < -0.39 is 5.97 Å². The molecule has 7 nitrogen and oxygen atoms in total. The van der Waals surface area contributed by atoms with Crippen LogP contribution in [0.4, 0.5) is 4.79 Å². The van der Waals surface area contributed by atoms with Crippen LogP contribution in [0.15, 0.2) is 24.3 Å². The topological polar surface area (TPSA) is 90.9 Å². The molecule has 0 aromatic heterocycles. The Kier molecular flexibility index (Phi) is 8.54. The number of benzene rings is 1. The number of morpholine rings is 1. The summed E-state index contributed by atoms with van der Waals surface area (Å²) in [7, 11) is 0. The van der Waals surface area contributed by atoms with Crippen LogP contribution in [-0.2, 0) is 11.3 Å². The Morgan fingerprint density at radius 1 is 1.11 bits per heavy atom. The number of carboxylic acid groups (broad SMARTS) is 1. The van der Waals surface area contributed by atoms with Gasteiger partial charge in [-0.3, -0.25) is 4.90 Å². The average molecular weight is 377 g/mol. The van der Waals surface area contributed by atoms with Crippen LogP contribution < -0.4 is 10.6 Å². The maximum absolute atomic E-state index is 12.2. The number of aromatic carboxylic acids is 1. The summed E-state index contributed by atoms with van der Waals surface area (Å²) in [6, 6.07) is 6.61. The number of carbonyl (C=O) groups is 2. The van der Waals surface area contributed by atoms with E-state index in [1.165, 1.54) is 0 Å². The van der Waals surface area contributed by atoms with E-state index in [0.717, 1.165) is 44.7 Å². The van der Waals surface area contributed by atoms with Crippen LogP contribution in [0.2, 0.25) is 0 Å². The van der Waals surface area contributed by atoms with E-state index >= 15 is 0 Å². The number of urea groups is 1. The van der Waals surface area contributed by atoms with Gasteiger partial charge in [0.1, 0.15) is 0 Å². The fourth-order valence-corrected chi connectivity index (χ4v) is 3.54. The first-order valence-electron chi connectivity index (χ1n) is 9.70. The van der Waals surface area contributed by atoms with Gasteiger partial charge in [0.2, 0.25) is 0 Å². The first-order chi connectivity index (χ1) is 13.0. The molecular weight excluding hydrogens is 346 g/mol. The lowest BCUT2D eigenvalue weighted by molar-refractivity contribution is 0.00237. The van der Waals surface area contributed by atoms with Gasteiger partial charge in [0.05, 0.1) is 18.8 Å². The van der Waals surface area contributed by atoms with Crippen LogP contribution in [-0.4, -0.2) is 60.9 Å². The molecule has 1 unspecified atom stereocenters. The van der Waals surface area contributed by atoms with Crippen molar-refractivity contribution in [2.45, 2.75) is 39.3 Å². The fourth-order valence-electron chi connectivity index (χ4n) is 3.54. The first-order valence-corrected chi connectivity index (χ1v) is 9.70. The van der Waals surface area contributed by atoms with Gasteiger partial charge < -0.3 is 20.5 Å². The number of hydrogen-bond acceptors (Lipinski definition) is 4. The van der Waals surface area contributed by atoms with Gasteiger partial charge in [-0.2, -0.15) is 0 Å². The van der Waals surface area contributed by atoms with Gasteiger partial charge >= 0.3 is 12.0 Å². The minimum atomic E-state index is -0.956. The molecule has 1 saturated heterocycles. The predicted molar refractivity (Wildman–Crippen MR) is 104 cm³/mol. The number of nitrogens with zero attached hydrogens (tertiary/aromatic N) is 1. The van der Waals surface area contributed by atoms with E-state index in [-0.39, 0.29) is 11.6 Å². The summed E-state index contributed by atoms with van der Waals surface area (Å²) in [6.07, 6.45) is 2.16. The minimum Gasteiger partial charge on any atom is -0.478 e. The Hall–Kier alpha value is -2.12. The maximum Gasteiger partial charge on any atom is 0.335 e. The average Bonchev–Trinajstić information content (AvgIpc) is 2.70. The molecule has 1 aliphatic heterocycles. The molecule has 1 heterocycles. The summed E-state index contributed by atoms with van der Waals surface area (Å²) in [5.41, 5.74) is 1.10. The van der Waals surface area contributed by atoms with Crippen molar-refractivity contribution in [2.24, 2.45) is 5.92 Å². The largest absolute Gasteiger partial charge is 0.478 e. The van der Waals surface area contributed by atoms with E-state index in [9.17, 15) is 9.59 Å². The molecule has 0 aliphatic carbocycles. The third-order valence-electron chi connectivity index (χ3n) is 5.23. The zero-order chi connectivity index (χ0) is 19.6. The monoisotopic (exact) mass is 377 g/mol. The first kappa shape index (κ1) is 21.2. The molecule has 0 spiro atoms. The molecule has 1 atom stereocenters. The van der Waals surface area contributed by atoms with Gasteiger partial charge in [-0.1, -0.05) is 38.8 Å². The molecule has 1 aromatic carbocycles. The van der Waals surface area contributed by atoms with E-state index in [4.69, 9.17) is 9.84 Å². The van der Waals surface area contributed by atoms with Gasteiger partial charge in [0.15, 0.2) is 0 Å². The van der Waals surface area contributed by atoms with Gasteiger partial charge in [0.25, 0.3) is 0 Å². The highest BCUT2D eigenvalue weighted by Gasteiger charge is 2.27. The molecule has 0 radical (unpaired) electrons. The number of hydrogen-bond donors (Lipinski definition) is 3. The van der Waals surface area contributed by atoms with Gasteiger partial charge in [0, 0.05) is 32.2 Å². The van der Waals surface area contributed by atoms with Gasteiger partial charge in [-0.05, 0) is 23.6 Å². The molecule has 2 rings (SSSR count). The standard InChI is InChI=1S/C20H31N3O4/c1-3-16(4-2)18(23-9-11-27-12-10-23)14-22-20(26)21-13-15-5-7-17(8-6-15)19(24)25/h5-8,16,18H,3-4,9-14H2,1-2H3,(H,24,25)(H2,21,22,26). The number of carbonyl (C=O) groups excluding carboxylic acids is 1. The van der Waals surface area contributed by atoms with Crippen LogP contribution in [0, 0.1) is 5.92 Å². The van der Waals surface area contributed by atoms with Crippen LogP contribution >= 0.6 is 0 Å². The van der Waals surface area contributed by atoms with Gasteiger partial charge in [-0.15, -0.1) is 0 Å². The van der Waals surface area contributed by atoms with Crippen molar-refractivity contribution >= 4 is 12.0 Å². The highest BCUT2D eigenvalue weighted by atomic mass is 16.5. The minimum absolute atomic E-state index is 0.207. The van der Waals surface area contributed by atoms with Crippen LogP contribution in [0.25, 0.3) is 0 Å². The molecule has 2 amide bonds. The Balaban J connectivity index is 1.84. The third-order valence-corrected chi connectivity index (χ3v) is 5.23. The Bertz CT molecular complexity index is 596. The van der Waals surface area contributed by atoms with Crippen LogP contribution in [0.1, 0.15) is 42.6 Å². The number of rotatable bonds is 9. The highest BCUT2D eigenvalue weighted by Crippen LogP contribution is 2.19. The Morgan fingerprint density at radius 2 is 1.74 bits per heavy atom. The zero-order valence-corrected chi connectivity index (χ0v) is 16.2.